The van der Waals surface area contributed by atoms with E-state index in [0.29, 0.717) is 6.54 Å². The number of nitrogens with zero attached hydrogens (tertiary/aromatic N) is 4. The molecule has 0 radical (unpaired) electrons. The minimum absolute atomic E-state index is 0.0140. The summed E-state index contributed by atoms with van der Waals surface area (Å²) in [6.07, 6.45) is 4.82. The van der Waals surface area contributed by atoms with Gasteiger partial charge in [-0.15, -0.1) is 0 Å². The number of rotatable bonds is 6. The second-order valence-corrected chi connectivity index (χ2v) is 4.38. The largest absolute Gasteiger partial charge is 0.477 e. The van der Waals surface area contributed by atoms with Crippen LogP contribution in [0.4, 0.5) is 0 Å². The quantitative estimate of drug-likeness (QED) is 0.772. The Morgan fingerprint density at radius 3 is 2.85 bits per heavy atom. The molecule has 1 atom stereocenters. The molecule has 0 fully saturated rings. The van der Waals surface area contributed by atoms with E-state index in [1.807, 2.05) is 6.92 Å². The molecule has 8 nitrogen and oxygen atoms in total. The summed E-state index contributed by atoms with van der Waals surface area (Å²) < 4.78 is 2.86. The van der Waals surface area contributed by atoms with Crippen molar-refractivity contribution in [3.8, 4) is 0 Å². The van der Waals surface area contributed by atoms with Crippen molar-refractivity contribution >= 4 is 11.9 Å². The lowest BCUT2D eigenvalue weighted by Gasteiger charge is -2.14. The van der Waals surface area contributed by atoms with E-state index in [2.05, 4.69) is 15.5 Å². The Balaban J connectivity index is 1.89. The highest BCUT2D eigenvalue weighted by Crippen LogP contribution is 1.99. The Labute approximate surface area is 115 Å². The molecule has 0 aromatic carbocycles. The van der Waals surface area contributed by atoms with Crippen molar-refractivity contribution in [2.45, 2.75) is 26.1 Å². The molecule has 106 valence electrons. The summed E-state index contributed by atoms with van der Waals surface area (Å²) >= 11 is 0. The van der Waals surface area contributed by atoms with Crippen LogP contribution in [0.15, 0.2) is 30.7 Å². The smallest absolute Gasteiger partial charge is 0.354 e. The zero-order chi connectivity index (χ0) is 14.5. The van der Waals surface area contributed by atoms with E-state index in [1.165, 1.54) is 12.3 Å². The van der Waals surface area contributed by atoms with E-state index in [-0.39, 0.29) is 24.2 Å². The standard InChI is InChI=1S/C12H15N5O3/c1-9(7-16-6-2-4-13-16)15-11(18)8-17-10(12(19)20)3-5-14-17/h2-6,9H,7-8H2,1H3,(H,15,18)(H,19,20). The third-order valence-electron chi connectivity index (χ3n) is 2.66. The maximum Gasteiger partial charge on any atom is 0.354 e. The molecule has 0 spiro atoms. The van der Waals surface area contributed by atoms with Crippen molar-refractivity contribution in [1.29, 1.82) is 0 Å². The molecule has 2 aromatic heterocycles. The van der Waals surface area contributed by atoms with Gasteiger partial charge in [0.1, 0.15) is 12.2 Å². The van der Waals surface area contributed by atoms with E-state index < -0.39 is 5.97 Å². The molecule has 1 amide bonds. The first-order chi connectivity index (χ1) is 9.56. The Hall–Kier alpha value is -2.64. The lowest BCUT2D eigenvalue weighted by molar-refractivity contribution is -0.122. The molecule has 0 aliphatic rings. The van der Waals surface area contributed by atoms with Crippen LogP contribution in [-0.4, -0.2) is 42.6 Å². The van der Waals surface area contributed by atoms with Gasteiger partial charge < -0.3 is 10.4 Å². The van der Waals surface area contributed by atoms with Gasteiger partial charge in [-0.3, -0.25) is 9.48 Å². The van der Waals surface area contributed by atoms with Crippen LogP contribution in [0.25, 0.3) is 0 Å². The molecular formula is C12H15N5O3. The highest BCUT2D eigenvalue weighted by atomic mass is 16.4. The SMILES string of the molecule is CC(Cn1cccn1)NC(=O)Cn1nccc1C(=O)O. The van der Waals surface area contributed by atoms with Crippen molar-refractivity contribution in [2.24, 2.45) is 0 Å². The van der Waals surface area contributed by atoms with Gasteiger partial charge in [0.2, 0.25) is 5.91 Å². The molecule has 8 heteroatoms. The summed E-state index contributed by atoms with van der Waals surface area (Å²) in [4.78, 5) is 22.7. The van der Waals surface area contributed by atoms with Crippen LogP contribution in [0.1, 0.15) is 17.4 Å². The van der Waals surface area contributed by atoms with E-state index in [1.54, 1.807) is 23.1 Å². The van der Waals surface area contributed by atoms with Gasteiger partial charge in [0.15, 0.2) is 0 Å². The van der Waals surface area contributed by atoms with Crippen molar-refractivity contribution in [3.63, 3.8) is 0 Å². The van der Waals surface area contributed by atoms with Crippen molar-refractivity contribution in [3.05, 3.63) is 36.4 Å². The van der Waals surface area contributed by atoms with Crippen LogP contribution in [0.2, 0.25) is 0 Å². The first-order valence-corrected chi connectivity index (χ1v) is 6.08. The molecule has 2 aromatic rings. The normalized spacial score (nSPS) is 12.1. The van der Waals surface area contributed by atoms with Crippen molar-refractivity contribution < 1.29 is 14.7 Å². The van der Waals surface area contributed by atoms with Gasteiger partial charge in [-0.1, -0.05) is 0 Å². The molecule has 1 unspecified atom stereocenters. The van der Waals surface area contributed by atoms with E-state index in [0.717, 1.165) is 4.68 Å². The Morgan fingerprint density at radius 2 is 2.20 bits per heavy atom. The maximum atomic E-state index is 11.8. The Morgan fingerprint density at radius 1 is 1.40 bits per heavy atom. The zero-order valence-corrected chi connectivity index (χ0v) is 10.9. The summed E-state index contributed by atoms with van der Waals surface area (Å²) in [7, 11) is 0. The minimum atomic E-state index is -1.11. The van der Waals surface area contributed by atoms with Crippen LogP contribution in [0.3, 0.4) is 0 Å². The molecular weight excluding hydrogens is 262 g/mol. The molecule has 0 saturated heterocycles. The molecule has 0 aliphatic carbocycles. The second kappa shape index (κ2) is 6.00. The first kappa shape index (κ1) is 13.8. The van der Waals surface area contributed by atoms with E-state index in [9.17, 15) is 9.59 Å². The maximum absolute atomic E-state index is 11.8. The number of nitrogens with one attached hydrogen (secondary N) is 1. The molecule has 0 saturated carbocycles. The van der Waals surface area contributed by atoms with Gasteiger partial charge in [-0.05, 0) is 19.1 Å². The number of amides is 1. The summed E-state index contributed by atoms with van der Waals surface area (Å²) in [5.74, 6) is -1.41. The third-order valence-corrected chi connectivity index (χ3v) is 2.66. The summed E-state index contributed by atoms with van der Waals surface area (Å²) in [6.45, 7) is 2.27. The fourth-order valence-corrected chi connectivity index (χ4v) is 1.83. The summed E-state index contributed by atoms with van der Waals surface area (Å²) in [6, 6.07) is 3.03. The van der Waals surface area contributed by atoms with Gasteiger partial charge in [-0.2, -0.15) is 10.2 Å². The van der Waals surface area contributed by atoms with Crippen molar-refractivity contribution in [1.82, 2.24) is 24.9 Å². The molecule has 0 aliphatic heterocycles. The average Bonchev–Trinajstić information content (AvgIpc) is 2.99. The monoisotopic (exact) mass is 277 g/mol. The predicted octanol–water partition coefficient (Wildman–Crippen LogP) is -0.0173. The Kier molecular flexibility index (Phi) is 4.14. The summed E-state index contributed by atoms with van der Waals surface area (Å²) in [5.41, 5.74) is -0.0140. The number of hydrogen-bond acceptors (Lipinski definition) is 4. The molecule has 2 rings (SSSR count). The fourth-order valence-electron chi connectivity index (χ4n) is 1.83. The van der Waals surface area contributed by atoms with E-state index >= 15 is 0 Å². The minimum Gasteiger partial charge on any atom is -0.477 e. The topological polar surface area (TPSA) is 102 Å². The number of carbonyl (C=O) groups is 2. The van der Waals surface area contributed by atoms with Gasteiger partial charge >= 0.3 is 5.97 Å². The zero-order valence-electron chi connectivity index (χ0n) is 10.9. The average molecular weight is 277 g/mol. The second-order valence-electron chi connectivity index (χ2n) is 4.38. The Bertz CT molecular complexity index is 590. The fraction of sp³-hybridized carbons (Fsp3) is 0.333. The molecule has 20 heavy (non-hydrogen) atoms. The highest BCUT2D eigenvalue weighted by molar-refractivity contribution is 5.86. The number of carbonyl (C=O) groups excluding carboxylic acids is 1. The predicted molar refractivity (Wildman–Crippen MR) is 69.0 cm³/mol. The number of aromatic nitrogens is 4. The number of hydrogen-bond donors (Lipinski definition) is 2. The lowest BCUT2D eigenvalue weighted by atomic mass is 10.3. The van der Waals surface area contributed by atoms with Crippen LogP contribution in [-0.2, 0) is 17.9 Å². The highest BCUT2D eigenvalue weighted by Gasteiger charge is 2.14. The van der Waals surface area contributed by atoms with Gasteiger partial charge in [0, 0.05) is 24.6 Å². The molecule has 2 N–H and O–H groups in total. The lowest BCUT2D eigenvalue weighted by Crippen LogP contribution is -2.38. The number of aromatic carboxylic acids is 1. The van der Waals surface area contributed by atoms with E-state index in [4.69, 9.17) is 5.11 Å². The van der Waals surface area contributed by atoms with Crippen LogP contribution in [0.5, 0.6) is 0 Å². The first-order valence-electron chi connectivity index (χ1n) is 6.08. The van der Waals surface area contributed by atoms with Gasteiger partial charge in [0.25, 0.3) is 0 Å². The van der Waals surface area contributed by atoms with Gasteiger partial charge in [-0.25, -0.2) is 9.48 Å². The molecule has 0 bridgehead atoms. The van der Waals surface area contributed by atoms with Crippen molar-refractivity contribution in [2.75, 3.05) is 0 Å². The number of carboxylic acid groups (broad SMARTS) is 1. The van der Waals surface area contributed by atoms with Crippen LogP contribution < -0.4 is 5.32 Å². The van der Waals surface area contributed by atoms with Crippen LogP contribution in [0, 0.1) is 0 Å². The number of carboxylic acids is 1. The molecule has 2 heterocycles. The van der Waals surface area contributed by atoms with Crippen LogP contribution >= 0.6 is 0 Å². The van der Waals surface area contributed by atoms with Gasteiger partial charge in [0.05, 0.1) is 6.54 Å². The third kappa shape index (κ3) is 3.44. The summed E-state index contributed by atoms with van der Waals surface area (Å²) in [5, 5.41) is 19.5.